The standard InChI is InChI=1S/C28H22ClF5N4O/c29-26-13-18(7-9-35-26)15-36-27(39)38-24-8-11-37(10-1-2-17-3-6-22(30)23(31)12-17)16-21(24)20-5-4-19(14-25(20)38)28(32,33)34/h1-7,9,12-14H,8,10-11,15-16H2,(H,36,39). The Morgan fingerprint density at radius 2 is 1.90 bits per heavy atom. The van der Waals surface area contributed by atoms with Crippen LogP contribution in [0.2, 0.25) is 5.15 Å². The minimum Gasteiger partial charge on any atom is -0.333 e. The lowest BCUT2D eigenvalue weighted by Crippen LogP contribution is -2.34. The number of nitrogens with zero attached hydrogens (tertiary/aromatic N) is 3. The van der Waals surface area contributed by atoms with E-state index >= 15 is 0 Å². The fourth-order valence-corrected chi connectivity index (χ4v) is 4.94. The topological polar surface area (TPSA) is 50.2 Å². The fourth-order valence-electron chi connectivity index (χ4n) is 4.74. The summed E-state index contributed by atoms with van der Waals surface area (Å²) in [6.45, 7) is 1.54. The van der Waals surface area contributed by atoms with E-state index < -0.39 is 29.4 Å². The molecule has 2 aromatic heterocycles. The number of halogens is 6. The van der Waals surface area contributed by atoms with Crippen molar-refractivity contribution in [1.29, 1.82) is 0 Å². The Morgan fingerprint density at radius 3 is 2.64 bits per heavy atom. The number of hydrogen-bond acceptors (Lipinski definition) is 3. The Labute approximate surface area is 225 Å². The van der Waals surface area contributed by atoms with Gasteiger partial charge >= 0.3 is 12.2 Å². The van der Waals surface area contributed by atoms with Gasteiger partial charge in [0.25, 0.3) is 0 Å². The van der Waals surface area contributed by atoms with E-state index in [1.165, 1.54) is 22.9 Å². The second-order valence-corrected chi connectivity index (χ2v) is 9.58. The summed E-state index contributed by atoms with van der Waals surface area (Å²) in [4.78, 5) is 19.3. The second kappa shape index (κ2) is 10.8. The van der Waals surface area contributed by atoms with E-state index in [9.17, 15) is 26.7 Å². The number of fused-ring (bicyclic) bond motifs is 3. The lowest BCUT2D eigenvalue weighted by molar-refractivity contribution is -0.137. The maximum absolute atomic E-state index is 13.5. The van der Waals surface area contributed by atoms with Crippen LogP contribution in [0.25, 0.3) is 17.0 Å². The van der Waals surface area contributed by atoms with Gasteiger partial charge in [0.05, 0.1) is 11.1 Å². The molecule has 0 atom stereocenters. The minimum atomic E-state index is -4.56. The molecule has 0 aliphatic carbocycles. The zero-order valence-electron chi connectivity index (χ0n) is 20.4. The summed E-state index contributed by atoms with van der Waals surface area (Å²) < 4.78 is 68.6. The molecule has 5 nitrogen and oxygen atoms in total. The van der Waals surface area contributed by atoms with Gasteiger partial charge in [0.2, 0.25) is 0 Å². The van der Waals surface area contributed by atoms with E-state index in [-0.39, 0.29) is 17.2 Å². The number of carbonyl (C=O) groups is 1. The van der Waals surface area contributed by atoms with E-state index in [1.807, 2.05) is 6.08 Å². The summed E-state index contributed by atoms with van der Waals surface area (Å²) in [5, 5.41) is 3.60. The smallest absolute Gasteiger partial charge is 0.333 e. The number of pyridine rings is 1. The van der Waals surface area contributed by atoms with E-state index in [1.54, 1.807) is 18.2 Å². The first kappa shape index (κ1) is 26.8. The van der Waals surface area contributed by atoms with Gasteiger partial charge < -0.3 is 5.32 Å². The van der Waals surface area contributed by atoms with Crippen molar-refractivity contribution in [1.82, 2.24) is 19.8 Å². The predicted octanol–water partition coefficient (Wildman–Crippen LogP) is 6.82. The van der Waals surface area contributed by atoms with Gasteiger partial charge in [-0.3, -0.25) is 9.47 Å². The molecule has 0 saturated carbocycles. The third-order valence-corrected chi connectivity index (χ3v) is 6.82. The maximum atomic E-state index is 13.5. The van der Waals surface area contributed by atoms with Gasteiger partial charge in [-0.2, -0.15) is 13.2 Å². The second-order valence-electron chi connectivity index (χ2n) is 9.20. The van der Waals surface area contributed by atoms with Gasteiger partial charge in [-0.25, -0.2) is 18.6 Å². The third kappa shape index (κ3) is 5.81. The van der Waals surface area contributed by atoms with Gasteiger partial charge in [-0.1, -0.05) is 35.9 Å². The summed E-state index contributed by atoms with van der Waals surface area (Å²) in [5.74, 6) is -1.86. The maximum Gasteiger partial charge on any atom is 0.416 e. The SMILES string of the molecule is O=C(NCc1ccnc(Cl)c1)n1c2c(c3ccc(C(F)(F)F)cc31)CN(CC=Cc1ccc(F)c(F)c1)CC2. The molecular formula is C28H22ClF5N4O. The Hall–Kier alpha value is -3.76. The number of alkyl halides is 3. The number of carbonyl (C=O) groups excluding carboxylic acids is 1. The van der Waals surface area contributed by atoms with Crippen molar-refractivity contribution in [2.45, 2.75) is 25.7 Å². The Morgan fingerprint density at radius 1 is 1.08 bits per heavy atom. The number of nitrogens with one attached hydrogen (secondary N) is 1. The summed E-state index contributed by atoms with van der Waals surface area (Å²) in [6.07, 6.45) is 0.854. The Bertz CT molecular complexity index is 1580. The van der Waals surface area contributed by atoms with E-state index in [4.69, 9.17) is 11.6 Å². The zero-order valence-corrected chi connectivity index (χ0v) is 21.2. The molecule has 4 aromatic rings. The molecule has 5 rings (SSSR count). The van der Waals surface area contributed by atoms with Gasteiger partial charge in [0.1, 0.15) is 5.15 Å². The number of aromatic nitrogens is 2. The quantitative estimate of drug-likeness (QED) is 0.215. The van der Waals surface area contributed by atoms with E-state index in [2.05, 4.69) is 15.2 Å². The highest BCUT2D eigenvalue weighted by Gasteiger charge is 2.33. The molecule has 2 aromatic carbocycles. The van der Waals surface area contributed by atoms with Crippen molar-refractivity contribution in [2.24, 2.45) is 0 Å². The van der Waals surface area contributed by atoms with Gasteiger partial charge in [0, 0.05) is 49.9 Å². The lowest BCUT2D eigenvalue weighted by atomic mass is 10.0. The first-order valence-corrected chi connectivity index (χ1v) is 12.4. The molecule has 202 valence electrons. The predicted molar refractivity (Wildman–Crippen MR) is 138 cm³/mol. The summed E-state index contributed by atoms with van der Waals surface area (Å²) in [6, 6.07) is 9.79. The minimum absolute atomic E-state index is 0.120. The monoisotopic (exact) mass is 560 g/mol. The average molecular weight is 561 g/mol. The molecule has 0 saturated heterocycles. The highest BCUT2D eigenvalue weighted by molar-refractivity contribution is 6.29. The number of amides is 1. The highest BCUT2D eigenvalue weighted by atomic mass is 35.5. The van der Waals surface area contributed by atoms with Crippen LogP contribution < -0.4 is 5.32 Å². The van der Waals surface area contributed by atoms with Crippen molar-refractivity contribution < 1.29 is 26.7 Å². The van der Waals surface area contributed by atoms with Crippen LogP contribution in [0.5, 0.6) is 0 Å². The van der Waals surface area contributed by atoms with Crippen molar-refractivity contribution in [3.63, 3.8) is 0 Å². The Balaban J connectivity index is 1.42. The van der Waals surface area contributed by atoms with E-state index in [0.717, 1.165) is 29.8 Å². The number of benzene rings is 2. The first-order chi connectivity index (χ1) is 18.6. The third-order valence-electron chi connectivity index (χ3n) is 6.61. The Kier molecular flexibility index (Phi) is 7.42. The van der Waals surface area contributed by atoms with Crippen molar-refractivity contribution >= 4 is 34.6 Å². The van der Waals surface area contributed by atoms with Crippen LogP contribution in [0, 0.1) is 11.6 Å². The molecule has 3 heterocycles. The highest BCUT2D eigenvalue weighted by Crippen LogP contribution is 2.36. The largest absolute Gasteiger partial charge is 0.416 e. The van der Waals surface area contributed by atoms with Crippen molar-refractivity contribution in [3.05, 3.63) is 106 Å². The van der Waals surface area contributed by atoms with Gasteiger partial charge in [-0.05, 0) is 53.1 Å². The normalized spacial score (nSPS) is 14.2. The number of hydrogen-bond donors (Lipinski definition) is 1. The van der Waals surface area contributed by atoms with Crippen LogP contribution in [-0.4, -0.2) is 33.6 Å². The van der Waals surface area contributed by atoms with Crippen LogP contribution in [-0.2, 0) is 25.7 Å². The fraction of sp³-hybridized carbons (Fsp3) is 0.214. The molecule has 39 heavy (non-hydrogen) atoms. The van der Waals surface area contributed by atoms with Crippen molar-refractivity contribution in [3.8, 4) is 0 Å². The van der Waals surface area contributed by atoms with Crippen molar-refractivity contribution in [2.75, 3.05) is 13.1 Å². The van der Waals surface area contributed by atoms with Gasteiger partial charge in [-0.15, -0.1) is 0 Å². The molecule has 0 radical (unpaired) electrons. The molecule has 1 amide bonds. The van der Waals surface area contributed by atoms with Crippen LogP contribution >= 0.6 is 11.6 Å². The number of rotatable bonds is 5. The molecule has 1 N–H and O–H groups in total. The average Bonchev–Trinajstić information content (AvgIpc) is 3.22. The summed E-state index contributed by atoms with van der Waals surface area (Å²) >= 11 is 5.91. The lowest BCUT2D eigenvalue weighted by Gasteiger charge is -2.27. The summed E-state index contributed by atoms with van der Waals surface area (Å²) in [7, 11) is 0. The molecule has 1 aliphatic rings. The van der Waals surface area contributed by atoms with Crippen LogP contribution in [0.3, 0.4) is 0 Å². The van der Waals surface area contributed by atoms with E-state index in [0.29, 0.717) is 48.3 Å². The molecule has 0 bridgehead atoms. The zero-order chi connectivity index (χ0) is 27.7. The molecule has 0 unspecified atom stereocenters. The van der Waals surface area contributed by atoms with Crippen LogP contribution in [0.4, 0.5) is 26.7 Å². The molecule has 1 aliphatic heterocycles. The van der Waals surface area contributed by atoms with Crippen LogP contribution in [0.1, 0.15) is 27.9 Å². The van der Waals surface area contributed by atoms with Crippen LogP contribution in [0.15, 0.2) is 60.8 Å². The molecule has 11 heteroatoms. The molecular weight excluding hydrogens is 539 g/mol. The first-order valence-electron chi connectivity index (χ1n) is 12.1. The molecule has 0 fully saturated rings. The van der Waals surface area contributed by atoms with Gasteiger partial charge in [0.15, 0.2) is 11.6 Å². The summed E-state index contributed by atoms with van der Waals surface area (Å²) in [5.41, 5.74) is 1.97. The molecule has 0 spiro atoms.